The van der Waals surface area contributed by atoms with Gasteiger partial charge in [0.25, 0.3) is 0 Å². The second-order valence-corrected chi connectivity index (χ2v) is 5.88. The van der Waals surface area contributed by atoms with Gasteiger partial charge in [0, 0.05) is 31.6 Å². The highest BCUT2D eigenvalue weighted by atomic mass is 19.4. The number of Topliss-reactive ketones (excluding diaryl/α,β-unsaturated/α-hetero) is 1. The first kappa shape index (κ1) is 20.2. The lowest BCUT2D eigenvalue weighted by molar-refractivity contribution is -0.143. The summed E-state index contributed by atoms with van der Waals surface area (Å²) in [6.07, 6.45) is -10.1. The van der Waals surface area contributed by atoms with Crippen LogP contribution in [-0.2, 0) is 17.1 Å². The Morgan fingerprint density at radius 2 is 1.62 bits per heavy atom. The highest BCUT2D eigenvalue weighted by Crippen LogP contribution is 2.36. The maximum absolute atomic E-state index is 12.8. The molecule has 10 heteroatoms. The van der Waals surface area contributed by atoms with Crippen molar-refractivity contribution in [2.45, 2.75) is 25.2 Å². The molecule has 0 unspecified atom stereocenters. The maximum atomic E-state index is 12.8. The van der Waals surface area contributed by atoms with Gasteiger partial charge in [0.2, 0.25) is 5.91 Å². The van der Waals surface area contributed by atoms with E-state index in [0.717, 1.165) is 0 Å². The number of ketones is 1. The number of hydrogen-bond acceptors (Lipinski definition) is 3. The van der Waals surface area contributed by atoms with Crippen LogP contribution in [0.2, 0.25) is 0 Å². The van der Waals surface area contributed by atoms with Gasteiger partial charge in [0.05, 0.1) is 17.7 Å². The predicted octanol–water partition coefficient (Wildman–Crippen LogP) is 3.12. The first-order chi connectivity index (χ1) is 12.0. The fourth-order valence-corrected chi connectivity index (χ4v) is 2.57. The molecule has 26 heavy (non-hydrogen) atoms. The van der Waals surface area contributed by atoms with Gasteiger partial charge in [-0.2, -0.15) is 26.3 Å². The topological polar surface area (TPSA) is 49.4 Å². The molecule has 1 heterocycles. The van der Waals surface area contributed by atoms with Crippen molar-refractivity contribution < 1.29 is 35.9 Å². The fraction of sp³-hybridized carbons (Fsp3) is 0.500. The normalized spacial score (nSPS) is 16.1. The van der Waals surface area contributed by atoms with Gasteiger partial charge < -0.3 is 10.2 Å². The van der Waals surface area contributed by atoms with Gasteiger partial charge in [0.1, 0.15) is 0 Å². The third kappa shape index (κ3) is 5.20. The SMILES string of the molecule is O=C(CCCN1CCNCC1=O)c1cc(C(F)(F)F)cc(C(F)(F)F)c1. The minimum absolute atomic E-state index is 0.0177. The Labute approximate surface area is 145 Å². The van der Waals surface area contributed by atoms with Crippen LogP contribution in [0.5, 0.6) is 0 Å². The van der Waals surface area contributed by atoms with E-state index in [9.17, 15) is 35.9 Å². The van der Waals surface area contributed by atoms with Crippen molar-refractivity contribution in [2.75, 3.05) is 26.2 Å². The van der Waals surface area contributed by atoms with Crippen LogP contribution in [0, 0.1) is 0 Å². The largest absolute Gasteiger partial charge is 0.416 e. The Hall–Kier alpha value is -2.10. The molecule has 1 aromatic carbocycles. The molecular formula is C16H16F6N2O2. The zero-order valence-corrected chi connectivity index (χ0v) is 13.5. The minimum atomic E-state index is -5.00. The summed E-state index contributed by atoms with van der Waals surface area (Å²) < 4.78 is 76.9. The van der Waals surface area contributed by atoms with Crippen LogP contribution in [0.25, 0.3) is 0 Å². The summed E-state index contributed by atoms with van der Waals surface area (Å²) >= 11 is 0. The molecule has 1 aromatic rings. The van der Waals surface area contributed by atoms with Gasteiger partial charge in [-0.1, -0.05) is 0 Å². The van der Waals surface area contributed by atoms with Gasteiger partial charge in [-0.15, -0.1) is 0 Å². The van der Waals surface area contributed by atoms with Gasteiger partial charge >= 0.3 is 12.4 Å². The van der Waals surface area contributed by atoms with Crippen LogP contribution in [0.1, 0.15) is 34.3 Å². The predicted molar refractivity (Wildman–Crippen MR) is 79.5 cm³/mol. The summed E-state index contributed by atoms with van der Waals surface area (Å²) in [6.45, 7) is 1.41. The molecule has 1 N–H and O–H groups in total. The summed E-state index contributed by atoms with van der Waals surface area (Å²) in [7, 11) is 0. The van der Waals surface area contributed by atoms with E-state index in [1.165, 1.54) is 4.90 Å². The van der Waals surface area contributed by atoms with E-state index in [4.69, 9.17) is 0 Å². The van der Waals surface area contributed by atoms with Crippen LogP contribution in [0.15, 0.2) is 18.2 Å². The number of amides is 1. The lowest BCUT2D eigenvalue weighted by Crippen LogP contribution is -2.48. The summed E-state index contributed by atoms with van der Waals surface area (Å²) in [5, 5.41) is 2.86. The number of hydrogen-bond donors (Lipinski definition) is 1. The number of nitrogens with one attached hydrogen (secondary N) is 1. The maximum Gasteiger partial charge on any atom is 0.416 e. The number of piperazine rings is 1. The number of carbonyl (C=O) groups excluding carboxylic acids is 2. The van der Waals surface area contributed by atoms with Gasteiger partial charge in [-0.05, 0) is 24.6 Å². The highest BCUT2D eigenvalue weighted by molar-refractivity contribution is 5.96. The first-order valence-electron chi connectivity index (χ1n) is 7.79. The Balaban J connectivity index is 2.10. The zero-order valence-electron chi connectivity index (χ0n) is 13.5. The Morgan fingerprint density at radius 3 is 2.12 bits per heavy atom. The van der Waals surface area contributed by atoms with E-state index in [-0.39, 0.29) is 37.9 Å². The third-order valence-electron chi connectivity index (χ3n) is 3.93. The lowest BCUT2D eigenvalue weighted by atomic mass is 9.99. The molecule has 0 radical (unpaired) electrons. The third-order valence-corrected chi connectivity index (χ3v) is 3.93. The first-order valence-corrected chi connectivity index (χ1v) is 7.79. The molecule has 0 aliphatic carbocycles. The molecule has 0 atom stereocenters. The molecule has 0 saturated carbocycles. The second kappa shape index (κ2) is 7.65. The molecular weight excluding hydrogens is 366 g/mol. The molecule has 1 amide bonds. The van der Waals surface area contributed by atoms with E-state index in [1.54, 1.807) is 0 Å². The average Bonchev–Trinajstić information content (AvgIpc) is 2.54. The molecule has 1 aliphatic rings. The number of rotatable bonds is 5. The lowest BCUT2D eigenvalue weighted by Gasteiger charge is -2.27. The molecule has 144 valence electrons. The van der Waals surface area contributed by atoms with Crippen molar-refractivity contribution >= 4 is 11.7 Å². The van der Waals surface area contributed by atoms with Crippen LogP contribution < -0.4 is 5.32 Å². The molecule has 1 saturated heterocycles. The van der Waals surface area contributed by atoms with E-state index in [1.807, 2.05) is 0 Å². The highest BCUT2D eigenvalue weighted by Gasteiger charge is 2.37. The minimum Gasteiger partial charge on any atom is -0.340 e. The molecule has 0 bridgehead atoms. The summed E-state index contributed by atoms with van der Waals surface area (Å²) in [5.74, 6) is -0.994. The van der Waals surface area contributed by atoms with Crippen LogP contribution >= 0.6 is 0 Å². The number of carbonyl (C=O) groups is 2. The van der Waals surface area contributed by atoms with E-state index >= 15 is 0 Å². The van der Waals surface area contributed by atoms with Gasteiger partial charge in [-0.3, -0.25) is 9.59 Å². The quantitative estimate of drug-likeness (QED) is 0.629. The summed E-state index contributed by atoms with van der Waals surface area (Å²) in [4.78, 5) is 25.2. The molecule has 2 rings (SSSR count). The van der Waals surface area contributed by atoms with Gasteiger partial charge in [0.15, 0.2) is 5.78 Å². The van der Waals surface area contributed by atoms with Crippen molar-refractivity contribution in [1.82, 2.24) is 10.2 Å². The molecule has 4 nitrogen and oxygen atoms in total. The Bertz CT molecular complexity index is 652. The summed E-state index contributed by atoms with van der Waals surface area (Å²) in [5.41, 5.74) is -3.68. The number of nitrogens with zero attached hydrogens (tertiary/aromatic N) is 1. The molecule has 1 fully saturated rings. The smallest absolute Gasteiger partial charge is 0.340 e. The summed E-state index contributed by atoms with van der Waals surface area (Å²) in [6, 6.07) is 0.831. The Morgan fingerprint density at radius 1 is 1.04 bits per heavy atom. The van der Waals surface area contributed by atoms with Crippen molar-refractivity contribution in [2.24, 2.45) is 0 Å². The number of benzene rings is 1. The second-order valence-electron chi connectivity index (χ2n) is 5.88. The standard InChI is InChI=1S/C16H16F6N2O2/c17-15(18,19)11-6-10(7-12(8-11)16(20,21)22)13(25)2-1-4-24-5-3-23-9-14(24)26/h6-8,23H,1-5,9H2. The van der Waals surface area contributed by atoms with Crippen molar-refractivity contribution in [3.63, 3.8) is 0 Å². The van der Waals surface area contributed by atoms with Crippen LogP contribution in [0.4, 0.5) is 26.3 Å². The van der Waals surface area contributed by atoms with Gasteiger partial charge in [-0.25, -0.2) is 0 Å². The van der Waals surface area contributed by atoms with E-state index in [0.29, 0.717) is 25.2 Å². The monoisotopic (exact) mass is 382 g/mol. The average molecular weight is 382 g/mol. The number of halogens is 6. The molecule has 0 spiro atoms. The van der Waals surface area contributed by atoms with Crippen molar-refractivity contribution in [3.05, 3.63) is 34.9 Å². The molecule has 1 aliphatic heterocycles. The van der Waals surface area contributed by atoms with Crippen LogP contribution in [0.3, 0.4) is 0 Å². The Kier molecular flexibility index (Phi) is 5.94. The molecule has 0 aromatic heterocycles. The number of alkyl halides is 6. The zero-order chi connectivity index (χ0) is 19.5. The van der Waals surface area contributed by atoms with Crippen LogP contribution in [-0.4, -0.2) is 42.8 Å². The van der Waals surface area contributed by atoms with E-state index in [2.05, 4.69) is 5.32 Å². The fourth-order valence-electron chi connectivity index (χ4n) is 2.57. The van der Waals surface area contributed by atoms with Crippen molar-refractivity contribution in [1.29, 1.82) is 0 Å². The van der Waals surface area contributed by atoms with Crippen molar-refractivity contribution in [3.8, 4) is 0 Å². The van der Waals surface area contributed by atoms with E-state index < -0.39 is 34.8 Å².